The van der Waals surface area contributed by atoms with Gasteiger partial charge in [-0.3, -0.25) is 0 Å². The van der Waals surface area contributed by atoms with Gasteiger partial charge in [0.1, 0.15) is 0 Å². The maximum atomic E-state index is 5.76. The van der Waals surface area contributed by atoms with Gasteiger partial charge in [0.15, 0.2) is 0 Å². The first-order valence-corrected chi connectivity index (χ1v) is 7.05. The molecule has 0 unspecified atom stereocenters. The number of hydrogen-bond acceptors (Lipinski definition) is 2. The molecular formula is C16H26N2. The van der Waals surface area contributed by atoms with Gasteiger partial charge in [-0.15, -0.1) is 0 Å². The van der Waals surface area contributed by atoms with Gasteiger partial charge in [0, 0.05) is 0 Å². The molecule has 2 nitrogen and oxygen atoms in total. The quantitative estimate of drug-likeness (QED) is 0.519. The molecule has 2 heteroatoms. The van der Waals surface area contributed by atoms with Crippen LogP contribution in [-0.2, 0) is 0 Å². The highest BCUT2D eigenvalue weighted by molar-refractivity contribution is 5.68. The fraction of sp³-hybridized carbons (Fsp3) is 0.500. The van der Waals surface area contributed by atoms with Gasteiger partial charge in [-0.05, 0) is 30.5 Å². The lowest BCUT2D eigenvalue weighted by Gasteiger charge is -2.01. The van der Waals surface area contributed by atoms with Crippen molar-refractivity contribution < 1.29 is 0 Å². The van der Waals surface area contributed by atoms with Crippen molar-refractivity contribution in [2.75, 3.05) is 11.5 Å². The van der Waals surface area contributed by atoms with E-state index in [4.69, 9.17) is 11.5 Å². The maximum absolute atomic E-state index is 5.76. The van der Waals surface area contributed by atoms with Crippen LogP contribution in [0, 0.1) is 0 Å². The van der Waals surface area contributed by atoms with Gasteiger partial charge >= 0.3 is 0 Å². The molecule has 0 bridgehead atoms. The van der Waals surface area contributed by atoms with Crippen molar-refractivity contribution in [1.82, 2.24) is 0 Å². The van der Waals surface area contributed by atoms with Crippen LogP contribution >= 0.6 is 0 Å². The first-order chi connectivity index (χ1) is 8.74. The molecule has 100 valence electrons. The van der Waals surface area contributed by atoms with Crippen molar-refractivity contribution in [3.05, 3.63) is 29.8 Å². The predicted molar refractivity (Wildman–Crippen MR) is 82.3 cm³/mol. The summed E-state index contributed by atoms with van der Waals surface area (Å²) in [5, 5.41) is 0. The van der Waals surface area contributed by atoms with Crippen LogP contribution in [0.5, 0.6) is 0 Å². The molecule has 0 aliphatic carbocycles. The summed E-state index contributed by atoms with van der Waals surface area (Å²) in [5.74, 6) is 0. The molecule has 0 radical (unpaired) electrons. The molecule has 0 aliphatic heterocycles. The number of rotatable bonds is 8. The molecule has 4 N–H and O–H groups in total. The molecule has 1 rings (SSSR count). The van der Waals surface area contributed by atoms with Crippen molar-refractivity contribution in [2.45, 2.75) is 51.9 Å². The van der Waals surface area contributed by atoms with Gasteiger partial charge in [-0.2, -0.15) is 0 Å². The largest absolute Gasteiger partial charge is 0.397 e. The Kier molecular flexibility index (Phi) is 7.00. The second-order valence-corrected chi connectivity index (χ2v) is 4.85. The molecule has 0 atom stereocenters. The van der Waals surface area contributed by atoms with Crippen molar-refractivity contribution in [2.24, 2.45) is 0 Å². The van der Waals surface area contributed by atoms with E-state index in [0.29, 0.717) is 11.4 Å². The topological polar surface area (TPSA) is 52.0 Å². The van der Waals surface area contributed by atoms with Crippen molar-refractivity contribution in [3.63, 3.8) is 0 Å². The smallest absolute Gasteiger partial charge is 0.0553 e. The number of hydrogen-bond donors (Lipinski definition) is 2. The molecule has 0 aromatic heterocycles. The fourth-order valence-corrected chi connectivity index (χ4v) is 1.96. The van der Waals surface area contributed by atoms with E-state index >= 15 is 0 Å². The van der Waals surface area contributed by atoms with Crippen LogP contribution in [-0.4, -0.2) is 0 Å². The third-order valence-electron chi connectivity index (χ3n) is 3.15. The molecule has 0 saturated carbocycles. The van der Waals surface area contributed by atoms with Crippen LogP contribution in [0.2, 0.25) is 0 Å². The van der Waals surface area contributed by atoms with E-state index in [0.717, 1.165) is 12.0 Å². The second-order valence-electron chi connectivity index (χ2n) is 4.85. The molecule has 18 heavy (non-hydrogen) atoms. The van der Waals surface area contributed by atoms with E-state index in [9.17, 15) is 0 Å². The summed E-state index contributed by atoms with van der Waals surface area (Å²) in [6.07, 6.45) is 13.6. The SMILES string of the molecule is CCCCCCCCC=Cc1ccc(N)c(N)c1. The van der Waals surface area contributed by atoms with E-state index in [1.54, 1.807) is 0 Å². The Morgan fingerprint density at radius 2 is 1.67 bits per heavy atom. The van der Waals surface area contributed by atoms with Gasteiger partial charge in [0.25, 0.3) is 0 Å². The summed E-state index contributed by atoms with van der Waals surface area (Å²) in [4.78, 5) is 0. The number of nitrogens with two attached hydrogens (primary N) is 2. The minimum Gasteiger partial charge on any atom is -0.397 e. The monoisotopic (exact) mass is 246 g/mol. The molecule has 0 fully saturated rings. The highest BCUT2D eigenvalue weighted by atomic mass is 14.7. The first-order valence-electron chi connectivity index (χ1n) is 7.05. The zero-order chi connectivity index (χ0) is 13.2. The van der Waals surface area contributed by atoms with Gasteiger partial charge < -0.3 is 11.5 Å². The normalized spacial score (nSPS) is 11.2. The lowest BCUT2D eigenvalue weighted by Crippen LogP contribution is -1.93. The number of allylic oxidation sites excluding steroid dienone is 1. The first kappa shape index (κ1) is 14.6. The van der Waals surface area contributed by atoms with Gasteiger partial charge in [-0.1, -0.05) is 57.2 Å². The van der Waals surface area contributed by atoms with Crippen LogP contribution in [0.4, 0.5) is 11.4 Å². The highest BCUT2D eigenvalue weighted by Crippen LogP contribution is 2.17. The highest BCUT2D eigenvalue weighted by Gasteiger charge is 1.94. The molecule has 0 amide bonds. The molecule has 1 aromatic carbocycles. The average molecular weight is 246 g/mol. The third kappa shape index (κ3) is 5.76. The Morgan fingerprint density at radius 3 is 2.39 bits per heavy atom. The van der Waals surface area contributed by atoms with Gasteiger partial charge in [-0.25, -0.2) is 0 Å². The number of unbranched alkanes of at least 4 members (excludes halogenated alkanes) is 6. The Labute approximate surface area is 111 Å². The van der Waals surface area contributed by atoms with Crippen LogP contribution in [0.25, 0.3) is 6.08 Å². The lowest BCUT2D eigenvalue weighted by atomic mass is 10.1. The van der Waals surface area contributed by atoms with E-state index in [2.05, 4.69) is 19.1 Å². The Bertz CT molecular complexity index is 369. The summed E-state index contributed by atoms with van der Waals surface area (Å²) in [5.41, 5.74) is 13.9. The Balaban J connectivity index is 2.18. The molecule has 0 saturated heterocycles. The predicted octanol–water partition coefficient (Wildman–Crippen LogP) is 4.61. The summed E-state index contributed by atoms with van der Waals surface area (Å²) in [6, 6.07) is 5.79. The summed E-state index contributed by atoms with van der Waals surface area (Å²) in [6.45, 7) is 2.25. The van der Waals surface area contributed by atoms with Gasteiger partial charge in [0.05, 0.1) is 11.4 Å². The van der Waals surface area contributed by atoms with Gasteiger partial charge in [0.2, 0.25) is 0 Å². The number of benzene rings is 1. The molecule has 0 spiro atoms. The second kappa shape index (κ2) is 8.62. The zero-order valence-electron chi connectivity index (χ0n) is 11.5. The minimum absolute atomic E-state index is 0.656. The number of nitrogen functional groups attached to an aromatic ring is 2. The van der Waals surface area contributed by atoms with E-state index in [1.807, 2.05) is 18.2 Å². The van der Waals surface area contributed by atoms with Crippen LogP contribution in [0.15, 0.2) is 24.3 Å². The lowest BCUT2D eigenvalue weighted by molar-refractivity contribution is 0.611. The van der Waals surface area contributed by atoms with E-state index in [1.165, 1.54) is 38.5 Å². The number of anilines is 2. The van der Waals surface area contributed by atoms with E-state index in [-0.39, 0.29) is 0 Å². The molecule has 0 aliphatic rings. The maximum Gasteiger partial charge on any atom is 0.0553 e. The third-order valence-corrected chi connectivity index (χ3v) is 3.15. The average Bonchev–Trinajstić information content (AvgIpc) is 2.37. The summed E-state index contributed by atoms with van der Waals surface area (Å²) < 4.78 is 0. The van der Waals surface area contributed by atoms with Crippen molar-refractivity contribution in [1.29, 1.82) is 0 Å². The van der Waals surface area contributed by atoms with E-state index < -0.39 is 0 Å². The van der Waals surface area contributed by atoms with Crippen LogP contribution in [0.1, 0.15) is 57.4 Å². The standard InChI is InChI=1S/C16H26N2/c1-2-3-4-5-6-7-8-9-10-14-11-12-15(17)16(18)13-14/h9-13H,2-8,17-18H2,1H3. The van der Waals surface area contributed by atoms with Crippen molar-refractivity contribution in [3.8, 4) is 0 Å². The zero-order valence-corrected chi connectivity index (χ0v) is 11.5. The van der Waals surface area contributed by atoms with Crippen LogP contribution < -0.4 is 11.5 Å². The Hall–Kier alpha value is -1.44. The fourth-order valence-electron chi connectivity index (χ4n) is 1.96. The molecule has 0 heterocycles. The summed E-state index contributed by atoms with van der Waals surface area (Å²) >= 11 is 0. The van der Waals surface area contributed by atoms with Crippen molar-refractivity contribution >= 4 is 17.5 Å². The molecular weight excluding hydrogens is 220 g/mol. The summed E-state index contributed by atoms with van der Waals surface area (Å²) in [7, 11) is 0. The molecule has 1 aromatic rings. The van der Waals surface area contributed by atoms with Crippen LogP contribution in [0.3, 0.4) is 0 Å². The minimum atomic E-state index is 0.656. The Morgan fingerprint density at radius 1 is 0.944 bits per heavy atom.